The molecule has 0 spiro atoms. The fourth-order valence-corrected chi connectivity index (χ4v) is 1.78. The van der Waals surface area contributed by atoms with Gasteiger partial charge in [0.05, 0.1) is 0 Å². The zero-order chi connectivity index (χ0) is 13.0. The summed E-state index contributed by atoms with van der Waals surface area (Å²) in [6.45, 7) is 0.186. The number of benzene rings is 1. The third-order valence-electron chi connectivity index (χ3n) is 2.74. The third kappa shape index (κ3) is 3.00. The number of ether oxygens (including phenoxy) is 2. The molecule has 2 rings (SSSR count). The molecule has 18 heavy (non-hydrogen) atoms. The van der Waals surface area contributed by atoms with Gasteiger partial charge in [0.2, 0.25) is 6.79 Å². The van der Waals surface area contributed by atoms with E-state index in [0.29, 0.717) is 36.3 Å². The highest BCUT2D eigenvalue weighted by Crippen LogP contribution is 2.32. The molecule has 0 saturated carbocycles. The topological polar surface area (TPSA) is 72.8 Å². The average molecular weight is 250 g/mol. The Hall–Kier alpha value is -2.04. The lowest BCUT2D eigenvalue weighted by Crippen LogP contribution is -2.00. The number of carbonyl (C=O) groups excluding carboxylic acids is 1. The van der Waals surface area contributed by atoms with Crippen LogP contribution in [-0.2, 0) is 4.79 Å². The highest BCUT2D eigenvalue weighted by Gasteiger charge is 2.15. The fourth-order valence-electron chi connectivity index (χ4n) is 1.78. The van der Waals surface area contributed by atoms with Crippen LogP contribution in [0, 0.1) is 0 Å². The smallest absolute Gasteiger partial charge is 0.303 e. The van der Waals surface area contributed by atoms with Gasteiger partial charge >= 0.3 is 5.97 Å². The van der Waals surface area contributed by atoms with Crippen molar-refractivity contribution < 1.29 is 24.2 Å². The summed E-state index contributed by atoms with van der Waals surface area (Å²) < 4.78 is 10.4. The summed E-state index contributed by atoms with van der Waals surface area (Å²) in [6.07, 6.45) is 1.56. The first-order valence-electron chi connectivity index (χ1n) is 5.81. The number of ketones is 1. The average Bonchev–Trinajstić information content (AvgIpc) is 2.81. The van der Waals surface area contributed by atoms with Gasteiger partial charge in [0.15, 0.2) is 17.3 Å². The summed E-state index contributed by atoms with van der Waals surface area (Å²) in [5.41, 5.74) is 0.578. The van der Waals surface area contributed by atoms with Crippen LogP contribution in [0.25, 0.3) is 0 Å². The first-order valence-corrected chi connectivity index (χ1v) is 5.81. The number of unbranched alkanes of at least 4 members (excludes halogenated alkanes) is 1. The fraction of sp³-hybridized carbons (Fsp3) is 0.385. The van der Waals surface area contributed by atoms with E-state index in [0.717, 1.165) is 0 Å². The molecular weight excluding hydrogens is 236 g/mol. The number of aliphatic carboxylic acids is 1. The van der Waals surface area contributed by atoms with Crippen molar-refractivity contribution in [3.05, 3.63) is 23.8 Å². The van der Waals surface area contributed by atoms with Crippen LogP contribution in [0.3, 0.4) is 0 Å². The van der Waals surface area contributed by atoms with Crippen LogP contribution in [0.4, 0.5) is 0 Å². The zero-order valence-corrected chi connectivity index (χ0v) is 9.85. The lowest BCUT2D eigenvalue weighted by atomic mass is 10.0. The van der Waals surface area contributed by atoms with Crippen molar-refractivity contribution in [1.29, 1.82) is 0 Å². The molecule has 1 N–H and O–H groups in total. The molecule has 0 atom stereocenters. The molecule has 1 aliphatic rings. The molecule has 0 bridgehead atoms. The molecule has 0 unspecified atom stereocenters. The molecule has 1 heterocycles. The Morgan fingerprint density at radius 2 is 1.83 bits per heavy atom. The Labute approximate surface area is 104 Å². The van der Waals surface area contributed by atoms with E-state index in [1.807, 2.05) is 0 Å². The van der Waals surface area contributed by atoms with Crippen LogP contribution in [0.2, 0.25) is 0 Å². The van der Waals surface area contributed by atoms with Crippen LogP contribution in [0.5, 0.6) is 11.5 Å². The molecular formula is C13H14O5. The maximum atomic E-state index is 11.8. The Morgan fingerprint density at radius 1 is 1.11 bits per heavy atom. The quantitative estimate of drug-likeness (QED) is 0.619. The lowest BCUT2D eigenvalue weighted by molar-refractivity contribution is -0.137. The minimum atomic E-state index is -0.828. The number of carbonyl (C=O) groups is 2. The van der Waals surface area contributed by atoms with Gasteiger partial charge in [0.25, 0.3) is 0 Å². The highest BCUT2D eigenvalue weighted by atomic mass is 16.7. The molecule has 0 amide bonds. The lowest BCUT2D eigenvalue weighted by Gasteiger charge is -2.02. The second kappa shape index (κ2) is 5.53. The molecule has 0 aliphatic carbocycles. The van der Waals surface area contributed by atoms with Gasteiger partial charge in [-0.1, -0.05) is 0 Å². The van der Waals surface area contributed by atoms with E-state index in [-0.39, 0.29) is 19.0 Å². The molecule has 0 radical (unpaired) electrons. The van der Waals surface area contributed by atoms with E-state index in [1.54, 1.807) is 18.2 Å². The Balaban J connectivity index is 1.87. The number of hydrogen-bond acceptors (Lipinski definition) is 4. The van der Waals surface area contributed by atoms with Crippen molar-refractivity contribution in [2.45, 2.75) is 25.7 Å². The molecule has 5 heteroatoms. The summed E-state index contributed by atoms with van der Waals surface area (Å²) in [5, 5.41) is 8.49. The maximum Gasteiger partial charge on any atom is 0.303 e. The van der Waals surface area contributed by atoms with E-state index in [9.17, 15) is 9.59 Å². The number of fused-ring (bicyclic) bond motifs is 1. The van der Waals surface area contributed by atoms with Gasteiger partial charge in [-0.05, 0) is 31.0 Å². The summed E-state index contributed by atoms with van der Waals surface area (Å²) in [5.74, 6) is 0.410. The molecule has 96 valence electrons. The Bertz CT molecular complexity index is 466. The van der Waals surface area contributed by atoms with Gasteiger partial charge in [0, 0.05) is 18.4 Å². The van der Waals surface area contributed by atoms with E-state index < -0.39 is 5.97 Å². The van der Waals surface area contributed by atoms with Crippen LogP contribution in [-0.4, -0.2) is 23.7 Å². The Kier molecular flexibility index (Phi) is 3.82. The second-order valence-electron chi connectivity index (χ2n) is 4.09. The van der Waals surface area contributed by atoms with Gasteiger partial charge < -0.3 is 14.6 Å². The van der Waals surface area contributed by atoms with Gasteiger partial charge in [-0.15, -0.1) is 0 Å². The summed E-state index contributed by atoms with van der Waals surface area (Å²) >= 11 is 0. The highest BCUT2D eigenvalue weighted by molar-refractivity contribution is 5.96. The predicted molar refractivity (Wildman–Crippen MR) is 63.0 cm³/mol. The van der Waals surface area contributed by atoms with Crippen molar-refractivity contribution in [1.82, 2.24) is 0 Å². The van der Waals surface area contributed by atoms with Crippen LogP contribution in [0.15, 0.2) is 18.2 Å². The van der Waals surface area contributed by atoms with Crippen LogP contribution < -0.4 is 9.47 Å². The number of hydrogen-bond donors (Lipinski definition) is 1. The Morgan fingerprint density at radius 3 is 2.61 bits per heavy atom. The summed E-state index contributed by atoms with van der Waals surface area (Å²) in [6, 6.07) is 5.09. The first-order chi connectivity index (χ1) is 8.66. The van der Waals surface area contributed by atoms with Gasteiger partial charge in [0.1, 0.15) is 0 Å². The minimum absolute atomic E-state index is 0.00121. The first kappa shape index (κ1) is 12.4. The normalized spacial score (nSPS) is 12.4. The zero-order valence-electron chi connectivity index (χ0n) is 9.85. The van der Waals surface area contributed by atoms with Crippen LogP contribution >= 0.6 is 0 Å². The number of carboxylic acid groups (broad SMARTS) is 1. The molecule has 0 saturated heterocycles. The molecule has 0 aromatic heterocycles. The van der Waals surface area contributed by atoms with Gasteiger partial charge in [-0.2, -0.15) is 0 Å². The standard InChI is InChI=1S/C13H14O5/c14-10(3-1-2-4-13(15)16)9-5-6-11-12(7-9)18-8-17-11/h5-7H,1-4,8H2,(H,15,16). The molecule has 0 fully saturated rings. The van der Waals surface area contributed by atoms with E-state index in [1.165, 1.54) is 0 Å². The summed E-state index contributed by atoms with van der Waals surface area (Å²) in [4.78, 5) is 22.2. The monoisotopic (exact) mass is 250 g/mol. The van der Waals surface area contributed by atoms with Crippen molar-refractivity contribution in [3.63, 3.8) is 0 Å². The number of carboxylic acids is 1. The van der Waals surface area contributed by atoms with E-state index >= 15 is 0 Å². The second-order valence-corrected chi connectivity index (χ2v) is 4.09. The largest absolute Gasteiger partial charge is 0.481 e. The SMILES string of the molecule is O=C(O)CCCCC(=O)c1ccc2c(c1)OCO2. The predicted octanol–water partition coefficient (Wildman–Crippen LogP) is 2.24. The van der Waals surface area contributed by atoms with E-state index in [2.05, 4.69) is 0 Å². The van der Waals surface area contributed by atoms with Crippen molar-refractivity contribution in [3.8, 4) is 11.5 Å². The minimum Gasteiger partial charge on any atom is -0.481 e. The van der Waals surface area contributed by atoms with Gasteiger partial charge in [-0.25, -0.2) is 0 Å². The summed E-state index contributed by atoms with van der Waals surface area (Å²) in [7, 11) is 0. The van der Waals surface area contributed by atoms with Gasteiger partial charge in [-0.3, -0.25) is 9.59 Å². The van der Waals surface area contributed by atoms with E-state index in [4.69, 9.17) is 14.6 Å². The third-order valence-corrected chi connectivity index (χ3v) is 2.74. The molecule has 1 aromatic carbocycles. The maximum absolute atomic E-state index is 11.8. The molecule has 1 aromatic rings. The number of Topliss-reactive ketones (excluding diaryl/α,β-unsaturated/α-hetero) is 1. The van der Waals surface area contributed by atoms with Crippen molar-refractivity contribution in [2.75, 3.05) is 6.79 Å². The van der Waals surface area contributed by atoms with Crippen molar-refractivity contribution in [2.24, 2.45) is 0 Å². The molecule has 5 nitrogen and oxygen atoms in total. The number of rotatable bonds is 6. The molecule has 1 aliphatic heterocycles. The van der Waals surface area contributed by atoms with Crippen molar-refractivity contribution >= 4 is 11.8 Å². The van der Waals surface area contributed by atoms with Crippen LogP contribution in [0.1, 0.15) is 36.0 Å².